The summed E-state index contributed by atoms with van der Waals surface area (Å²) in [5, 5.41) is 9.61. The van der Waals surface area contributed by atoms with E-state index in [2.05, 4.69) is 15.2 Å². The summed E-state index contributed by atoms with van der Waals surface area (Å²) in [7, 11) is 0. The molecular weight excluding hydrogens is 326 g/mol. The van der Waals surface area contributed by atoms with Gasteiger partial charge in [0.2, 0.25) is 5.89 Å². The first-order chi connectivity index (χ1) is 11.8. The molecule has 0 aliphatic heterocycles. The Morgan fingerprint density at radius 2 is 1.83 bits per heavy atom. The number of rotatable bonds is 4. The number of para-hydroxylation sites is 1. The fraction of sp³-hybridized carbons (Fsp3) is 0.0556. The summed E-state index contributed by atoms with van der Waals surface area (Å²) in [6, 6.07) is 17.0. The Morgan fingerprint density at radius 3 is 2.75 bits per heavy atom. The van der Waals surface area contributed by atoms with Crippen molar-refractivity contribution in [1.29, 1.82) is 0 Å². The van der Waals surface area contributed by atoms with Crippen LogP contribution in [0.4, 0.5) is 0 Å². The second kappa shape index (κ2) is 6.29. The standard InChI is InChI=1S/C18H12ClN3O2/c19-14-8-2-1-7-13(14)18-22-21-16(24-18)11-23-15-9-3-5-12-6-4-10-20-17(12)15/h1-10H,11H2. The maximum atomic E-state index is 6.14. The summed E-state index contributed by atoms with van der Waals surface area (Å²) in [4.78, 5) is 4.35. The maximum absolute atomic E-state index is 6.14. The number of benzene rings is 2. The molecule has 0 saturated heterocycles. The van der Waals surface area contributed by atoms with Gasteiger partial charge in [0.25, 0.3) is 5.89 Å². The lowest BCUT2D eigenvalue weighted by Crippen LogP contribution is -1.97. The second-order valence-corrected chi connectivity index (χ2v) is 5.51. The second-order valence-electron chi connectivity index (χ2n) is 5.10. The molecule has 118 valence electrons. The highest BCUT2D eigenvalue weighted by atomic mass is 35.5. The van der Waals surface area contributed by atoms with Crippen molar-refractivity contribution in [2.45, 2.75) is 6.61 Å². The molecular formula is C18H12ClN3O2. The van der Waals surface area contributed by atoms with Crippen LogP contribution in [0.5, 0.6) is 5.75 Å². The largest absolute Gasteiger partial charge is 0.482 e. The van der Waals surface area contributed by atoms with Crippen molar-refractivity contribution in [1.82, 2.24) is 15.2 Å². The van der Waals surface area contributed by atoms with Gasteiger partial charge in [0.05, 0.1) is 10.6 Å². The number of pyridine rings is 1. The van der Waals surface area contributed by atoms with Gasteiger partial charge in [-0.05, 0) is 24.3 Å². The number of hydrogen-bond donors (Lipinski definition) is 0. The lowest BCUT2D eigenvalue weighted by molar-refractivity contribution is 0.267. The molecule has 5 nitrogen and oxygen atoms in total. The molecule has 0 amide bonds. The van der Waals surface area contributed by atoms with Crippen molar-refractivity contribution in [3.63, 3.8) is 0 Å². The quantitative estimate of drug-likeness (QED) is 0.548. The molecule has 0 saturated carbocycles. The molecule has 4 aromatic rings. The molecule has 24 heavy (non-hydrogen) atoms. The van der Waals surface area contributed by atoms with Crippen molar-refractivity contribution < 1.29 is 9.15 Å². The van der Waals surface area contributed by atoms with Crippen molar-refractivity contribution in [2.75, 3.05) is 0 Å². The summed E-state index contributed by atoms with van der Waals surface area (Å²) >= 11 is 6.14. The predicted molar refractivity (Wildman–Crippen MR) is 90.8 cm³/mol. The summed E-state index contributed by atoms with van der Waals surface area (Å²) in [6.07, 6.45) is 1.73. The smallest absolute Gasteiger partial charge is 0.254 e. The van der Waals surface area contributed by atoms with E-state index >= 15 is 0 Å². The SMILES string of the molecule is Clc1ccccc1-c1nnc(COc2cccc3cccnc23)o1. The fourth-order valence-corrected chi connectivity index (χ4v) is 2.60. The Balaban J connectivity index is 1.56. The number of ether oxygens (including phenoxy) is 1. The first-order valence-corrected chi connectivity index (χ1v) is 7.73. The van der Waals surface area contributed by atoms with E-state index in [1.165, 1.54) is 0 Å². The van der Waals surface area contributed by atoms with E-state index in [9.17, 15) is 0 Å². The van der Waals surface area contributed by atoms with Crippen molar-refractivity contribution in [3.8, 4) is 17.2 Å². The minimum absolute atomic E-state index is 0.160. The van der Waals surface area contributed by atoms with E-state index in [4.69, 9.17) is 20.8 Å². The molecule has 0 unspecified atom stereocenters. The average molecular weight is 338 g/mol. The molecule has 0 bridgehead atoms. The predicted octanol–water partition coefficient (Wildman–Crippen LogP) is 4.52. The molecule has 2 aromatic carbocycles. The Labute approximate surface area is 142 Å². The monoisotopic (exact) mass is 337 g/mol. The fourth-order valence-electron chi connectivity index (χ4n) is 2.39. The number of fused-ring (bicyclic) bond motifs is 1. The van der Waals surface area contributed by atoms with Crippen LogP contribution >= 0.6 is 11.6 Å². The van der Waals surface area contributed by atoms with Crippen molar-refractivity contribution in [2.24, 2.45) is 0 Å². The van der Waals surface area contributed by atoms with Crippen molar-refractivity contribution >= 4 is 22.5 Å². The highest BCUT2D eigenvalue weighted by Crippen LogP contribution is 2.27. The Bertz CT molecular complexity index is 995. The molecule has 4 rings (SSSR count). The van der Waals surface area contributed by atoms with E-state index in [1.54, 1.807) is 12.3 Å². The lowest BCUT2D eigenvalue weighted by Gasteiger charge is -2.06. The molecule has 0 aliphatic carbocycles. The molecule has 0 fully saturated rings. The van der Waals surface area contributed by atoms with Crippen molar-refractivity contribution in [3.05, 3.63) is 71.7 Å². The molecule has 0 N–H and O–H groups in total. The minimum atomic E-state index is 0.160. The van der Waals surface area contributed by atoms with Gasteiger partial charge in [0.1, 0.15) is 11.3 Å². The van der Waals surface area contributed by atoms with Gasteiger partial charge in [0.15, 0.2) is 6.61 Å². The van der Waals surface area contributed by atoms with Crippen LogP contribution in [0.2, 0.25) is 5.02 Å². The van der Waals surface area contributed by atoms with Gasteiger partial charge >= 0.3 is 0 Å². The highest BCUT2D eigenvalue weighted by Gasteiger charge is 2.12. The summed E-state index contributed by atoms with van der Waals surface area (Å²) < 4.78 is 11.4. The van der Waals surface area contributed by atoms with Gasteiger partial charge < -0.3 is 9.15 Å². The number of aromatic nitrogens is 3. The van der Waals surface area contributed by atoms with Gasteiger partial charge in [-0.15, -0.1) is 10.2 Å². The lowest BCUT2D eigenvalue weighted by atomic mass is 10.2. The van der Waals surface area contributed by atoms with E-state index in [1.807, 2.05) is 48.5 Å². The highest BCUT2D eigenvalue weighted by molar-refractivity contribution is 6.33. The van der Waals surface area contributed by atoms with E-state index in [-0.39, 0.29) is 6.61 Å². The molecule has 0 radical (unpaired) electrons. The third-order valence-electron chi connectivity index (χ3n) is 3.52. The van der Waals surface area contributed by atoms with Gasteiger partial charge in [-0.2, -0.15) is 0 Å². The maximum Gasteiger partial charge on any atom is 0.254 e. The third kappa shape index (κ3) is 2.81. The molecule has 0 aliphatic rings. The zero-order valence-electron chi connectivity index (χ0n) is 12.5. The number of hydrogen-bond acceptors (Lipinski definition) is 5. The summed E-state index contributed by atoms with van der Waals surface area (Å²) in [6.45, 7) is 0.160. The molecule has 6 heteroatoms. The van der Waals surface area contributed by atoms with Gasteiger partial charge in [-0.1, -0.05) is 41.9 Å². The minimum Gasteiger partial charge on any atom is -0.482 e. The van der Waals surface area contributed by atoms with Crippen LogP contribution in [0, 0.1) is 0 Å². The number of halogens is 1. The van der Waals surface area contributed by atoms with Crippen LogP contribution in [-0.2, 0) is 6.61 Å². The first kappa shape index (κ1) is 14.7. The molecule has 2 aromatic heterocycles. The third-order valence-corrected chi connectivity index (χ3v) is 3.85. The summed E-state index contributed by atoms with van der Waals surface area (Å²) in [5.74, 6) is 1.42. The Kier molecular flexibility index (Phi) is 3.84. The molecule has 0 spiro atoms. The molecule has 2 heterocycles. The zero-order valence-corrected chi connectivity index (χ0v) is 13.3. The van der Waals surface area contributed by atoms with E-state index in [0.29, 0.717) is 28.1 Å². The van der Waals surface area contributed by atoms with Gasteiger partial charge in [0, 0.05) is 11.6 Å². The van der Waals surface area contributed by atoms with Gasteiger partial charge in [-0.25, -0.2) is 0 Å². The first-order valence-electron chi connectivity index (χ1n) is 7.35. The Hall–Kier alpha value is -2.92. The topological polar surface area (TPSA) is 61.0 Å². The summed E-state index contributed by atoms with van der Waals surface area (Å²) in [5.41, 5.74) is 1.50. The van der Waals surface area contributed by atoms with Crippen LogP contribution in [0.1, 0.15) is 5.89 Å². The van der Waals surface area contributed by atoms with Crippen LogP contribution in [0.15, 0.2) is 65.2 Å². The van der Waals surface area contributed by atoms with Crippen LogP contribution in [-0.4, -0.2) is 15.2 Å². The van der Waals surface area contributed by atoms with Crippen LogP contribution in [0.25, 0.3) is 22.4 Å². The normalized spacial score (nSPS) is 10.9. The average Bonchev–Trinajstić information content (AvgIpc) is 3.09. The van der Waals surface area contributed by atoms with Crippen LogP contribution in [0.3, 0.4) is 0 Å². The van der Waals surface area contributed by atoms with Gasteiger partial charge in [-0.3, -0.25) is 4.98 Å². The van der Waals surface area contributed by atoms with E-state index in [0.717, 1.165) is 10.9 Å². The molecule has 0 atom stereocenters. The van der Waals surface area contributed by atoms with Crippen LogP contribution < -0.4 is 4.74 Å². The van der Waals surface area contributed by atoms with E-state index < -0.39 is 0 Å². The Morgan fingerprint density at radius 1 is 0.958 bits per heavy atom. The number of nitrogens with zero attached hydrogens (tertiary/aromatic N) is 3. The zero-order chi connectivity index (χ0) is 16.4.